The fourth-order valence-corrected chi connectivity index (χ4v) is 0.824. The largest absolute Gasteiger partial charge is 0.462 e. The van der Waals surface area contributed by atoms with Gasteiger partial charge in [0.05, 0.1) is 6.61 Å². The summed E-state index contributed by atoms with van der Waals surface area (Å²) >= 11 is 2.85. The van der Waals surface area contributed by atoms with Crippen LogP contribution < -0.4 is 0 Å². The highest BCUT2D eigenvalue weighted by Gasteiger charge is 2.09. The summed E-state index contributed by atoms with van der Waals surface area (Å²) in [6.07, 6.45) is 0.343. The van der Waals surface area contributed by atoms with Gasteiger partial charge >= 0.3 is 17.9 Å². The van der Waals surface area contributed by atoms with Crippen LogP contribution in [0, 0.1) is 0 Å². The third-order valence-electron chi connectivity index (χ3n) is 1.44. The highest BCUT2D eigenvalue weighted by atomic mass is 79.9. The van der Waals surface area contributed by atoms with Crippen LogP contribution >= 0.6 is 15.9 Å². The normalized spacial score (nSPS) is 9.38. The molecule has 0 aromatic heterocycles. The van der Waals surface area contributed by atoms with E-state index in [0.29, 0.717) is 12.0 Å². The number of carbonyl (C=O) groups is 3. The molecule has 0 radical (unpaired) electrons. The van der Waals surface area contributed by atoms with Crippen molar-refractivity contribution in [3.8, 4) is 0 Å². The molecule has 90 valence electrons. The number of halogens is 1. The van der Waals surface area contributed by atoms with Gasteiger partial charge in [-0.2, -0.15) is 0 Å². The molecule has 0 aromatic carbocycles. The molecule has 16 heavy (non-hydrogen) atoms. The third-order valence-corrected chi connectivity index (χ3v) is 1.90. The van der Waals surface area contributed by atoms with E-state index in [1.165, 1.54) is 6.92 Å². The van der Waals surface area contributed by atoms with Crippen molar-refractivity contribution in [1.29, 1.82) is 0 Å². The lowest BCUT2D eigenvalue weighted by Gasteiger charge is -2.03. The maximum atomic E-state index is 11.0. The second kappa shape index (κ2) is 8.04. The number of esters is 3. The third kappa shape index (κ3) is 7.17. The second-order valence-electron chi connectivity index (χ2n) is 3.00. The Balaban J connectivity index is 3.59. The molecular formula is C10H13BrO5. The van der Waals surface area contributed by atoms with Crippen LogP contribution in [0.1, 0.15) is 19.8 Å². The molecule has 0 saturated carbocycles. The lowest BCUT2D eigenvalue weighted by atomic mass is 10.3. The Morgan fingerprint density at radius 3 is 2.38 bits per heavy atom. The van der Waals surface area contributed by atoms with E-state index in [1.807, 2.05) is 0 Å². The van der Waals surface area contributed by atoms with Gasteiger partial charge in [0.15, 0.2) is 0 Å². The van der Waals surface area contributed by atoms with E-state index in [1.54, 1.807) is 0 Å². The van der Waals surface area contributed by atoms with E-state index in [0.717, 1.165) is 0 Å². The van der Waals surface area contributed by atoms with E-state index in [9.17, 15) is 14.4 Å². The van der Waals surface area contributed by atoms with Gasteiger partial charge in [-0.15, -0.1) is 0 Å². The van der Waals surface area contributed by atoms with Crippen LogP contribution in [0.3, 0.4) is 0 Å². The zero-order valence-electron chi connectivity index (χ0n) is 8.95. The van der Waals surface area contributed by atoms with Crippen molar-refractivity contribution in [2.45, 2.75) is 19.8 Å². The summed E-state index contributed by atoms with van der Waals surface area (Å²) in [5.41, 5.74) is 0.303. The summed E-state index contributed by atoms with van der Waals surface area (Å²) in [6, 6.07) is 0. The summed E-state index contributed by atoms with van der Waals surface area (Å²) < 4.78 is 9.12. The molecule has 0 aliphatic carbocycles. The molecule has 0 aliphatic rings. The number of carbonyl (C=O) groups excluding carboxylic acids is 3. The Morgan fingerprint density at radius 1 is 1.25 bits per heavy atom. The van der Waals surface area contributed by atoms with Gasteiger partial charge in [-0.25, -0.2) is 4.79 Å². The molecule has 0 aromatic rings. The quantitative estimate of drug-likeness (QED) is 0.243. The Kier molecular flexibility index (Phi) is 7.45. The smallest absolute Gasteiger partial charge is 0.333 e. The van der Waals surface area contributed by atoms with Gasteiger partial charge in [0.25, 0.3) is 0 Å². The fraction of sp³-hybridized carbons (Fsp3) is 0.500. The predicted octanol–water partition coefficient (Wildman–Crippen LogP) is 1.35. The average molecular weight is 293 g/mol. The fourth-order valence-electron chi connectivity index (χ4n) is 0.710. The molecule has 0 heterocycles. The number of hydrogen-bond acceptors (Lipinski definition) is 5. The van der Waals surface area contributed by atoms with Gasteiger partial charge in [-0.1, -0.05) is 22.5 Å². The minimum absolute atomic E-state index is 0.0244. The standard InChI is InChI=1S/C10H13BrO5/c1-7(2)10(14)15-5-3-4-8(12)16-9(13)6-11/h1,3-6H2,2H3. The van der Waals surface area contributed by atoms with Crippen molar-refractivity contribution in [3.63, 3.8) is 0 Å². The maximum Gasteiger partial charge on any atom is 0.333 e. The first kappa shape index (κ1) is 14.8. The van der Waals surface area contributed by atoms with Gasteiger partial charge in [-0.3, -0.25) is 9.59 Å². The van der Waals surface area contributed by atoms with Gasteiger partial charge in [0.2, 0.25) is 0 Å². The molecule has 5 nitrogen and oxygen atoms in total. The Labute approximate surface area is 102 Å². The van der Waals surface area contributed by atoms with E-state index in [4.69, 9.17) is 4.74 Å². The van der Waals surface area contributed by atoms with Crippen LogP contribution in [0.5, 0.6) is 0 Å². The molecule has 0 aliphatic heterocycles. The molecular weight excluding hydrogens is 280 g/mol. The van der Waals surface area contributed by atoms with E-state index in [-0.39, 0.29) is 18.4 Å². The number of alkyl halides is 1. The molecule has 0 amide bonds. The maximum absolute atomic E-state index is 11.0. The van der Waals surface area contributed by atoms with Crippen molar-refractivity contribution in [2.24, 2.45) is 0 Å². The van der Waals surface area contributed by atoms with Crippen LogP contribution in [0.4, 0.5) is 0 Å². The first-order valence-electron chi connectivity index (χ1n) is 4.59. The first-order chi connectivity index (χ1) is 7.47. The Hall–Kier alpha value is -1.17. The lowest BCUT2D eigenvalue weighted by Crippen LogP contribution is -2.14. The van der Waals surface area contributed by atoms with Crippen molar-refractivity contribution >= 4 is 33.8 Å². The molecule has 0 N–H and O–H groups in total. The predicted molar refractivity (Wildman–Crippen MR) is 59.9 cm³/mol. The van der Waals surface area contributed by atoms with Crippen molar-refractivity contribution in [2.75, 3.05) is 11.9 Å². The highest BCUT2D eigenvalue weighted by Crippen LogP contribution is 1.98. The van der Waals surface area contributed by atoms with Gasteiger partial charge in [0, 0.05) is 12.0 Å². The van der Waals surface area contributed by atoms with Crippen LogP contribution in [-0.4, -0.2) is 29.8 Å². The van der Waals surface area contributed by atoms with E-state index < -0.39 is 17.9 Å². The molecule has 6 heteroatoms. The molecule has 0 rings (SSSR count). The Morgan fingerprint density at radius 2 is 1.88 bits per heavy atom. The molecule has 0 bridgehead atoms. The van der Waals surface area contributed by atoms with E-state index in [2.05, 4.69) is 27.2 Å². The number of rotatable bonds is 6. The molecule has 0 spiro atoms. The van der Waals surface area contributed by atoms with Crippen molar-refractivity contribution in [3.05, 3.63) is 12.2 Å². The summed E-state index contributed by atoms with van der Waals surface area (Å²) in [4.78, 5) is 32.5. The van der Waals surface area contributed by atoms with Crippen LogP contribution in [0.25, 0.3) is 0 Å². The minimum Gasteiger partial charge on any atom is -0.462 e. The topological polar surface area (TPSA) is 69.7 Å². The van der Waals surface area contributed by atoms with Crippen molar-refractivity contribution in [1.82, 2.24) is 0 Å². The Bertz CT molecular complexity index is 298. The minimum atomic E-state index is -0.635. The van der Waals surface area contributed by atoms with Gasteiger partial charge in [0.1, 0.15) is 5.33 Å². The summed E-state index contributed by atoms with van der Waals surface area (Å²) in [6.45, 7) is 5.04. The van der Waals surface area contributed by atoms with Crippen LogP contribution in [0.2, 0.25) is 0 Å². The van der Waals surface area contributed by atoms with Crippen LogP contribution in [-0.2, 0) is 23.9 Å². The average Bonchev–Trinajstić information content (AvgIpc) is 2.23. The zero-order valence-corrected chi connectivity index (χ0v) is 10.5. The molecule has 0 unspecified atom stereocenters. The number of ether oxygens (including phenoxy) is 2. The number of hydrogen-bond donors (Lipinski definition) is 0. The van der Waals surface area contributed by atoms with E-state index >= 15 is 0 Å². The van der Waals surface area contributed by atoms with Crippen molar-refractivity contribution < 1.29 is 23.9 Å². The summed E-state index contributed by atoms with van der Waals surface area (Å²) in [7, 11) is 0. The monoisotopic (exact) mass is 292 g/mol. The molecule has 0 fully saturated rings. The van der Waals surface area contributed by atoms with Gasteiger partial charge < -0.3 is 9.47 Å². The second-order valence-corrected chi connectivity index (χ2v) is 3.56. The zero-order chi connectivity index (χ0) is 12.6. The first-order valence-corrected chi connectivity index (χ1v) is 5.71. The summed E-state index contributed by atoms with van der Waals surface area (Å²) in [5.74, 6) is -1.76. The lowest BCUT2D eigenvalue weighted by molar-refractivity contribution is -0.158. The summed E-state index contributed by atoms with van der Waals surface area (Å²) in [5, 5.41) is -0.0244. The molecule has 0 atom stereocenters. The molecule has 0 saturated heterocycles. The SMILES string of the molecule is C=C(C)C(=O)OCCCC(=O)OC(=O)CBr. The van der Waals surface area contributed by atoms with Gasteiger partial charge in [-0.05, 0) is 13.3 Å². The van der Waals surface area contributed by atoms with Crippen LogP contribution in [0.15, 0.2) is 12.2 Å². The highest BCUT2D eigenvalue weighted by molar-refractivity contribution is 9.09.